The van der Waals surface area contributed by atoms with Crippen molar-refractivity contribution in [1.29, 1.82) is 0 Å². The largest absolute Gasteiger partial charge is 0.466 e. The first kappa shape index (κ1) is 12.4. The predicted octanol–water partition coefficient (Wildman–Crippen LogP) is 3.57. The van der Waals surface area contributed by atoms with Crippen LogP contribution in [0.3, 0.4) is 0 Å². The van der Waals surface area contributed by atoms with Crippen LogP contribution < -0.4 is 0 Å². The SMILES string of the molecule is COC(=O)C1=C(c2ccc(F)cc2)C[C@H]2CC[C@H]1C2. The first-order chi connectivity index (χ1) is 9.19. The Balaban J connectivity index is 2.07. The molecule has 0 radical (unpaired) electrons. The van der Waals surface area contributed by atoms with E-state index in [2.05, 4.69) is 0 Å². The Bertz CT molecular complexity index is 530. The van der Waals surface area contributed by atoms with E-state index in [9.17, 15) is 9.18 Å². The van der Waals surface area contributed by atoms with E-state index < -0.39 is 0 Å². The average molecular weight is 260 g/mol. The lowest BCUT2D eigenvalue weighted by molar-refractivity contribution is -0.136. The van der Waals surface area contributed by atoms with Crippen molar-refractivity contribution < 1.29 is 13.9 Å². The summed E-state index contributed by atoms with van der Waals surface area (Å²) < 4.78 is 18.0. The van der Waals surface area contributed by atoms with Crippen molar-refractivity contribution in [2.24, 2.45) is 11.8 Å². The molecule has 0 aliphatic heterocycles. The molecule has 2 aliphatic rings. The maximum atomic E-state index is 13.0. The van der Waals surface area contributed by atoms with Crippen LogP contribution in [0.5, 0.6) is 0 Å². The zero-order valence-electron chi connectivity index (χ0n) is 11.0. The van der Waals surface area contributed by atoms with Crippen LogP contribution in [0.4, 0.5) is 4.39 Å². The first-order valence-electron chi connectivity index (χ1n) is 6.76. The summed E-state index contributed by atoms with van der Waals surface area (Å²) in [6.45, 7) is 0. The monoisotopic (exact) mass is 260 g/mol. The number of hydrogen-bond donors (Lipinski definition) is 0. The van der Waals surface area contributed by atoms with Gasteiger partial charge in [0.25, 0.3) is 0 Å². The Hall–Kier alpha value is -1.64. The van der Waals surface area contributed by atoms with Crippen LogP contribution in [0.1, 0.15) is 31.2 Å². The van der Waals surface area contributed by atoms with Gasteiger partial charge in [-0.05, 0) is 60.8 Å². The fraction of sp³-hybridized carbons (Fsp3) is 0.438. The zero-order chi connectivity index (χ0) is 13.4. The summed E-state index contributed by atoms with van der Waals surface area (Å²) in [6, 6.07) is 6.43. The highest BCUT2D eigenvalue weighted by atomic mass is 19.1. The van der Waals surface area contributed by atoms with Crippen LogP contribution in [0, 0.1) is 17.7 Å². The highest BCUT2D eigenvalue weighted by Gasteiger charge is 2.38. The van der Waals surface area contributed by atoms with Crippen LogP contribution in [0.25, 0.3) is 5.57 Å². The van der Waals surface area contributed by atoms with Gasteiger partial charge in [0.05, 0.1) is 7.11 Å². The minimum atomic E-state index is -0.247. The Morgan fingerprint density at radius 3 is 2.68 bits per heavy atom. The summed E-state index contributed by atoms with van der Waals surface area (Å²) >= 11 is 0. The number of hydrogen-bond acceptors (Lipinski definition) is 2. The number of rotatable bonds is 2. The van der Waals surface area contributed by atoms with Crippen molar-refractivity contribution in [2.45, 2.75) is 25.7 Å². The Morgan fingerprint density at radius 1 is 1.26 bits per heavy atom. The quantitative estimate of drug-likeness (QED) is 0.760. The third-order valence-electron chi connectivity index (χ3n) is 4.37. The van der Waals surface area contributed by atoms with Crippen molar-refractivity contribution in [1.82, 2.24) is 0 Å². The molecule has 0 heterocycles. The minimum Gasteiger partial charge on any atom is -0.466 e. The van der Waals surface area contributed by atoms with Crippen molar-refractivity contribution in [3.05, 3.63) is 41.2 Å². The topological polar surface area (TPSA) is 26.3 Å². The summed E-state index contributed by atoms with van der Waals surface area (Å²) in [7, 11) is 1.43. The standard InChI is InChI=1S/C16H17FO2/c1-19-16(18)15-12-3-2-10(8-12)9-14(15)11-4-6-13(17)7-5-11/h4-7,10,12H,2-3,8-9H2,1H3/t10-,12-/m0/s1. The molecule has 1 aromatic rings. The van der Waals surface area contributed by atoms with E-state index in [1.807, 2.05) is 0 Å². The lowest BCUT2D eigenvalue weighted by atomic mass is 9.80. The number of carbonyl (C=O) groups excluding carboxylic acids is 1. The number of esters is 1. The van der Waals surface area contributed by atoms with Gasteiger partial charge < -0.3 is 4.74 Å². The average Bonchev–Trinajstić information content (AvgIpc) is 2.80. The second-order valence-electron chi connectivity index (χ2n) is 5.47. The van der Waals surface area contributed by atoms with Gasteiger partial charge in [0, 0.05) is 5.57 Å². The van der Waals surface area contributed by atoms with Crippen molar-refractivity contribution in [3.63, 3.8) is 0 Å². The summed E-state index contributed by atoms with van der Waals surface area (Å²) in [5.41, 5.74) is 2.84. The molecule has 1 saturated carbocycles. The third-order valence-corrected chi connectivity index (χ3v) is 4.37. The molecule has 0 unspecified atom stereocenters. The molecular formula is C16H17FO2. The van der Waals surface area contributed by atoms with Gasteiger partial charge >= 0.3 is 5.97 Å². The van der Waals surface area contributed by atoms with Crippen LogP contribution >= 0.6 is 0 Å². The lowest BCUT2D eigenvalue weighted by Crippen LogP contribution is -2.19. The van der Waals surface area contributed by atoms with Crippen LogP contribution in [-0.2, 0) is 9.53 Å². The molecule has 19 heavy (non-hydrogen) atoms. The van der Waals surface area contributed by atoms with Crippen LogP contribution in [0.15, 0.2) is 29.8 Å². The maximum Gasteiger partial charge on any atom is 0.334 e. The van der Waals surface area contributed by atoms with Gasteiger partial charge in [-0.1, -0.05) is 12.1 Å². The smallest absolute Gasteiger partial charge is 0.334 e. The van der Waals surface area contributed by atoms with Gasteiger partial charge in [0.1, 0.15) is 5.82 Å². The summed E-state index contributed by atoms with van der Waals surface area (Å²) in [6.07, 6.45) is 4.25. The number of allylic oxidation sites excluding steroid dienone is 1. The molecule has 2 bridgehead atoms. The van der Waals surface area contributed by atoms with Gasteiger partial charge in [-0.15, -0.1) is 0 Å². The Morgan fingerprint density at radius 2 is 2.00 bits per heavy atom. The molecule has 2 nitrogen and oxygen atoms in total. The molecule has 1 aromatic carbocycles. The molecule has 3 rings (SSSR count). The zero-order valence-corrected chi connectivity index (χ0v) is 11.0. The van der Waals surface area contributed by atoms with E-state index in [0.717, 1.165) is 36.0 Å². The van der Waals surface area contributed by atoms with Crippen LogP contribution in [-0.4, -0.2) is 13.1 Å². The number of fused-ring (bicyclic) bond motifs is 2. The van der Waals surface area contributed by atoms with Gasteiger partial charge in [-0.2, -0.15) is 0 Å². The second kappa shape index (κ2) is 4.80. The molecule has 0 spiro atoms. The van der Waals surface area contributed by atoms with E-state index in [1.165, 1.54) is 25.7 Å². The molecule has 0 amide bonds. The highest BCUT2D eigenvalue weighted by molar-refractivity contribution is 5.98. The maximum absolute atomic E-state index is 13.0. The van der Waals surface area contributed by atoms with Gasteiger partial charge in [-0.3, -0.25) is 0 Å². The molecule has 0 aromatic heterocycles. The van der Waals surface area contributed by atoms with Crippen molar-refractivity contribution in [2.75, 3.05) is 7.11 Å². The fourth-order valence-corrected chi connectivity index (χ4v) is 3.49. The van der Waals surface area contributed by atoms with Gasteiger partial charge in [0.2, 0.25) is 0 Å². The molecule has 1 fully saturated rings. The molecular weight excluding hydrogens is 243 g/mol. The van der Waals surface area contributed by atoms with E-state index in [4.69, 9.17) is 4.74 Å². The van der Waals surface area contributed by atoms with E-state index in [1.54, 1.807) is 12.1 Å². The minimum absolute atomic E-state index is 0.218. The number of halogens is 1. The number of carbonyl (C=O) groups is 1. The second-order valence-corrected chi connectivity index (χ2v) is 5.47. The summed E-state index contributed by atoms with van der Waals surface area (Å²) in [4.78, 5) is 12.1. The van der Waals surface area contributed by atoms with Gasteiger partial charge in [0.15, 0.2) is 0 Å². The van der Waals surface area contributed by atoms with E-state index in [-0.39, 0.29) is 11.8 Å². The molecule has 100 valence electrons. The molecule has 0 N–H and O–H groups in total. The lowest BCUT2D eigenvalue weighted by Gasteiger charge is -2.25. The van der Waals surface area contributed by atoms with E-state index in [0.29, 0.717) is 11.8 Å². The third kappa shape index (κ3) is 2.18. The number of methoxy groups -OCH3 is 1. The molecule has 3 heteroatoms. The number of ether oxygens (including phenoxy) is 1. The Labute approximate surface area is 112 Å². The Kier molecular flexibility index (Phi) is 3.13. The normalized spacial score (nSPS) is 25.6. The highest BCUT2D eigenvalue weighted by Crippen LogP contribution is 2.48. The molecule has 2 atom stereocenters. The van der Waals surface area contributed by atoms with Crippen LogP contribution in [0.2, 0.25) is 0 Å². The first-order valence-corrected chi connectivity index (χ1v) is 6.76. The molecule has 2 aliphatic carbocycles. The summed E-state index contributed by atoms with van der Waals surface area (Å²) in [5.74, 6) is 0.525. The van der Waals surface area contributed by atoms with E-state index >= 15 is 0 Å². The van der Waals surface area contributed by atoms with Crippen molar-refractivity contribution in [3.8, 4) is 0 Å². The molecule has 0 saturated heterocycles. The fourth-order valence-electron chi connectivity index (χ4n) is 3.49. The van der Waals surface area contributed by atoms with Crippen molar-refractivity contribution >= 4 is 11.5 Å². The predicted molar refractivity (Wildman–Crippen MR) is 70.8 cm³/mol. The summed E-state index contributed by atoms with van der Waals surface area (Å²) in [5, 5.41) is 0. The van der Waals surface area contributed by atoms with Gasteiger partial charge in [-0.25, -0.2) is 9.18 Å². The number of benzene rings is 1.